The molecule has 0 N–H and O–H groups in total. The minimum atomic E-state index is 0.0546. The highest BCUT2D eigenvalue weighted by molar-refractivity contribution is 9.10. The van der Waals surface area contributed by atoms with Crippen molar-refractivity contribution < 1.29 is 4.79 Å². The standard InChI is InChI=1S/C24H21BrN2OS/c1-16-8-9-19(17(2)12-16)13-23(28)27(15-18-6-4-3-5-7-18)24-26-21-11-10-20(25)14-22(21)29-24/h3-12,14H,13,15H2,1-2H3. The normalized spacial score (nSPS) is 11.0. The third-order valence-corrected chi connectivity index (χ3v) is 6.43. The Labute approximate surface area is 183 Å². The van der Waals surface area contributed by atoms with E-state index in [9.17, 15) is 4.79 Å². The van der Waals surface area contributed by atoms with Gasteiger partial charge in [0.15, 0.2) is 5.13 Å². The quantitative estimate of drug-likeness (QED) is 0.339. The Morgan fingerprint density at radius 2 is 1.83 bits per heavy atom. The molecule has 0 bridgehead atoms. The van der Waals surface area contributed by atoms with Crippen LogP contribution in [0.5, 0.6) is 0 Å². The molecule has 3 aromatic carbocycles. The third-order valence-electron chi connectivity index (χ3n) is 4.89. The van der Waals surface area contributed by atoms with Crippen molar-refractivity contribution in [2.24, 2.45) is 0 Å². The fraction of sp³-hybridized carbons (Fsp3) is 0.167. The maximum atomic E-state index is 13.4. The average molecular weight is 465 g/mol. The number of thiazole rings is 1. The molecule has 1 heterocycles. The summed E-state index contributed by atoms with van der Waals surface area (Å²) in [4.78, 5) is 19.9. The number of fused-ring (bicyclic) bond motifs is 1. The van der Waals surface area contributed by atoms with Crippen molar-refractivity contribution in [2.75, 3.05) is 4.90 Å². The largest absolute Gasteiger partial charge is 0.283 e. The van der Waals surface area contributed by atoms with Crippen molar-refractivity contribution in [3.8, 4) is 0 Å². The van der Waals surface area contributed by atoms with Crippen LogP contribution in [0.4, 0.5) is 5.13 Å². The second-order valence-corrected chi connectivity index (χ2v) is 9.11. The molecule has 0 aliphatic heterocycles. The highest BCUT2D eigenvalue weighted by Crippen LogP contribution is 2.32. The Kier molecular flexibility index (Phi) is 5.79. The maximum Gasteiger partial charge on any atom is 0.233 e. The van der Waals surface area contributed by atoms with E-state index in [0.29, 0.717) is 13.0 Å². The Morgan fingerprint density at radius 3 is 2.59 bits per heavy atom. The first-order chi connectivity index (χ1) is 14.0. The number of nitrogens with zero attached hydrogens (tertiary/aromatic N) is 2. The average Bonchev–Trinajstić information content (AvgIpc) is 3.11. The molecule has 4 rings (SSSR count). The lowest BCUT2D eigenvalue weighted by atomic mass is 10.0. The van der Waals surface area contributed by atoms with Crippen LogP contribution in [0.25, 0.3) is 10.2 Å². The third kappa shape index (κ3) is 4.57. The van der Waals surface area contributed by atoms with Crippen LogP contribution in [-0.4, -0.2) is 10.9 Å². The van der Waals surface area contributed by atoms with Crippen LogP contribution < -0.4 is 4.90 Å². The van der Waals surface area contributed by atoms with Crippen LogP contribution in [0.2, 0.25) is 0 Å². The first kappa shape index (κ1) is 19.8. The summed E-state index contributed by atoms with van der Waals surface area (Å²) in [5, 5.41) is 0.733. The Morgan fingerprint density at radius 1 is 1.03 bits per heavy atom. The minimum Gasteiger partial charge on any atom is -0.283 e. The molecule has 0 spiro atoms. The number of amides is 1. The Balaban J connectivity index is 1.69. The molecule has 0 atom stereocenters. The zero-order chi connectivity index (χ0) is 20.4. The molecule has 1 aromatic heterocycles. The second kappa shape index (κ2) is 8.47. The summed E-state index contributed by atoms with van der Waals surface area (Å²) in [7, 11) is 0. The molecular weight excluding hydrogens is 444 g/mol. The van der Waals surface area contributed by atoms with Gasteiger partial charge >= 0.3 is 0 Å². The molecule has 0 radical (unpaired) electrons. The molecule has 146 valence electrons. The van der Waals surface area contributed by atoms with E-state index in [2.05, 4.69) is 48.0 Å². The van der Waals surface area contributed by atoms with E-state index in [-0.39, 0.29) is 5.91 Å². The molecule has 0 saturated carbocycles. The van der Waals surface area contributed by atoms with Crippen molar-refractivity contribution in [1.29, 1.82) is 0 Å². The van der Waals surface area contributed by atoms with Gasteiger partial charge in [0.05, 0.1) is 23.2 Å². The number of carbonyl (C=O) groups is 1. The molecule has 5 heteroatoms. The number of aryl methyl sites for hydroxylation is 2. The van der Waals surface area contributed by atoms with Crippen LogP contribution in [0.15, 0.2) is 71.2 Å². The van der Waals surface area contributed by atoms with E-state index in [1.165, 1.54) is 5.56 Å². The summed E-state index contributed by atoms with van der Waals surface area (Å²) in [6, 6.07) is 22.3. The molecule has 29 heavy (non-hydrogen) atoms. The molecular formula is C24H21BrN2OS. The number of anilines is 1. The van der Waals surface area contributed by atoms with Gasteiger partial charge in [0.25, 0.3) is 0 Å². The number of hydrogen-bond donors (Lipinski definition) is 0. The molecule has 0 unspecified atom stereocenters. The van der Waals surface area contributed by atoms with Crippen molar-refractivity contribution in [3.63, 3.8) is 0 Å². The lowest BCUT2D eigenvalue weighted by Crippen LogP contribution is -2.31. The van der Waals surface area contributed by atoms with E-state index in [0.717, 1.165) is 36.5 Å². The summed E-state index contributed by atoms with van der Waals surface area (Å²) in [6.07, 6.45) is 0.360. The predicted octanol–water partition coefficient (Wildman–Crippen LogP) is 6.45. The fourth-order valence-electron chi connectivity index (χ4n) is 3.33. The highest BCUT2D eigenvalue weighted by Gasteiger charge is 2.21. The van der Waals surface area contributed by atoms with Gasteiger partial charge in [-0.15, -0.1) is 0 Å². The predicted molar refractivity (Wildman–Crippen MR) is 125 cm³/mol. The van der Waals surface area contributed by atoms with Gasteiger partial charge in [-0.3, -0.25) is 9.69 Å². The summed E-state index contributed by atoms with van der Waals surface area (Å²) in [6.45, 7) is 4.64. The topological polar surface area (TPSA) is 33.2 Å². The lowest BCUT2D eigenvalue weighted by molar-refractivity contribution is -0.118. The van der Waals surface area contributed by atoms with Gasteiger partial charge in [-0.1, -0.05) is 81.4 Å². The summed E-state index contributed by atoms with van der Waals surface area (Å²) < 4.78 is 2.07. The number of benzene rings is 3. The van der Waals surface area contributed by atoms with Gasteiger partial charge in [-0.05, 0) is 48.7 Å². The zero-order valence-electron chi connectivity index (χ0n) is 16.4. The van der Waals surface area contributed by atoms with Crippen LogP contribution in [0, 0.1) is 13.8 Å². The number of aromatic nitrogens is 1. The molecule has 1 amide bonds. The van der Waals surface area contributed by atoms with Crippen molar-refractivity contribution in [2.45, 2.75) is 26.8 Å². The van der Waals surface area contributed by atoms with Crippen molar-refractivity contribution in [3.05, 3.63) is 93.5 Å². The van der Waals surface area contributed by atoms with E-state index in [4.69, 9.17) is 4.98 Å². The summed E-state index contributed by atoms with van der Waals surface area (Å²) >= 11 is 5.07. The van der Waals surface area contributed by atoms with Crippen LogP contribution in [0.1, 0.15) is 22.3 Å². The number of halogens is 1. The second-order valence-electron chi connectivity index (χ2n) is 7.18. The number of carbonyl (C=O) groups excluding carboxylic acids is 1. The first-order valence-corrected chi connectivity index (χ1v) is 11.1. The van der Waals surface area contributed by atoms with Gasteiger partial charge < -0.3 is 0 Å². The van der Waals surface area contributed by atoms with Crippen LogP contribution in [-0.2, 0) is 17.8 Å². The van der Waals surface area contributed by atoms with Gasteiger partial charge in [0.2, 0.25) is 5.91 Å². The Bertz CT molecular complexity index is 1170. The number of rotatable bonds is 5. The highest BCUT2D eigenvalue weighted by atomic mass is 79.9. The molecule has 3 nitrogen and oxygen atoms in total. The molecule has 4 aromatic rings. The molecule has 0 aliphatic rings. The Hall–Kier alpha value is -2.50. The fourth-order valence-corrected chi connectivity index (χ4v) is 4.87. The molecule has 0 fully saturated rings. The molecule has 0 saturated heterocycles. The van der Waals surface area contributed by atoms with E-state index in [1.54, 1.807) is 11.3 Å². The minimum absolute atomic E-state index is 0.0546. The van der Waals surface area contributed by atoms with E-state index < -0.39 is 0 Å². The monoisotopic (exact) mass is 464 g/mol. The first-order valence-electron chi connectivity index (χ1n) is 9.46. The van der Waals surface area contributed by atoms with Gasteiger partial charge in [-0.25, -0.2) is 4.98 Å². The number of hydrogen-bond acceptors (Lipinski definition) is 3. The smallest absolute Gasteiger partial charge is 0.233 e. The van der Waals surface area contributed by atoms with E-state index in [1.807, 2.05) is 53.4 Å². The van der Waals surface area contributed by atoms with Crippen molar-refractivity contribution in [1.82, 2.24) is 4.98 Å². The zero-order valence-corrected chi connectivity index (χ0v) is 18.8. The SMILES string of the molecule is Cc1ccc(CC(=O)N(Cc2ccccc2)c2nc3ccc(Br)cc3s2)c(C)c1. The van der Waals surface area contributed by atoms with Crippen molar-refractivity contribution >= 4 is 48.5 Å². The van der Waals surface area contributed by atoms with E-state index >= 15 is 0 Å². The van der Waals surface area contributed by atoms with Gasteiger partial charge in [0.1, 0.15) is 0 Å². The van der Waals surface area contributed by atoms with Gasteiger partial charge in [0, 0.05) is 4.47 Å². The van der Waals surface area contributed by atoms with Crippen LogP contribution >= 0.6 is 27.3 Å². The summed E-state index contributed by atoms with van der Waals surface area (Å²) in [5.74, 6) is 0.0546. The van der Waals surface area contributed by atoms with Crippen LogP contribution in [0.3, 0.4) is 0 Å². The maximum absolute atomic E-state index is 13.4. The lowest BCUT2D eigenvalue weighted by Gasteiger charge is -2.20. The van der Waals surface area contributed by atoms with Gasteiger partial charge in [-0.2, -0.15) is 0 Å². The molecule has 0 aliphatic carbocycles. The summed E-state index contributed by atoms with van der Waals surface area (Å²) in [5.41, 5.74) is 5.40.